The molecule has 0 saturated carbocycles. The van der Waals surface area contributed by atoms with E-state index in [1.165, 1.54) is 45.0 Å². The van der Waals surface area contributed by atoms with Gasteiger partial charge in [-0.2, -0.15) is 5.10 Å². The van der Waals surface area contributed by atoms with E-state index in [1.807, 2.05) is 23.0 Å². The second-order valence-corrected chi connectivity index (χ2v) is 6.81. The molecule has 2 aromatic carbocycles. The van der Waals surface area contributed by atoms with Gasteiger partial charge in [0.15, 0.2) is 0 Å². The summed E-state index contributed by atoms with van der Waals surface area (Å²) in [5.41, 5.74) is 3.46. The summed E-state index contributed by atoms with van der Waals surface area (Å²) in [5, 5.41) is 5.52. The van der Waals surface area contributed by atoms with Crippen LogP contribution in [0.4, 0.5) is 0 Å². The highest BCUT2D eigenvalue weighted by atomic mass is 16.5. The van der Waals surface area contributed by atoms with Crippen LogP contribution in [0.5, 0.6) is 0 Å². The summed E-state index contributed by atoms with van der Waals surface area (Å²) in [7, 11) is 1.39. The van der Waals surface area contributed by atoms with Crippen LogP contribution in [0.15, 0.2) is 48.7 Å². The molecule has 1 saturated heterocycles. The number of fused-ring (bicyclic) bond motifs is 1. The van der Waals surface area contributed by atoms with Crippen molar-refractivity contribution in [3.63, 3.8) is 0 Å². The molecule has 0 unspecified atom stereocenters. The number of methoxy groups -OCH3 is 1. The van der Waals surface area contributed by atoms with Crippen molar-refractivity contribution in [2.24, 2.45) is 0 Å². The van der Waals surface area contributed by atoms with Gasteiger partial charge >= 0.3 is 5.97 Å². The minimum Gasteiger partial charge on any atom is -0.465 e. The van der Waals surface area contributed by atoms with Crippen LogP contribution >= 0.6 is 0 Å². The maximum atomic E-state index is 11.9. The molecule has 0 bridgehead atoms. The Morgan fingerprint density at radius 2 is 1.85 bits per heavy atom. The maximum absolute atomic E-state index is 11.9. The Morgan fingerprint density at radius 3 is 2.58 bits per heavy atom. The third kappa shape index (κ3) is 3.35. The third-order valence-electron chi connectivity index (χ3n) is 5.00. The molecule has 3 aromatic rings. The van der Waals surface area contributed by atoms with Crippen molar-refractivity contribution < 1.29 is 9.53 Å². The standard InChI is InChI=1S/C21H23N3O2/c1-26-21(25)19-7-5-6-17-15-24(22-20(17)19)18-10-8-16(9-11-18)14-23-12-3-2-4-13-23/h5-11,15H,2-4,12-14H2,1H3. The Kier molecular flexibility index (Phi) is 4.71. The van der Waals surface area contributed by atoms with E-state index in [0.29, 0.717) is 11.1 Å². The fraction of sp³-hybridized carbons (Fsp3) is 0.333. The number of piperidine rings is 1. The maximum Gasteiger partial charge on any atom is 0.340 e. The molecule has 134 valence electrons. The predicted molar refractivity (Wildman–Crippen MR) is 102 cm³/mol. The largest absolute Gasteiger partial charge is 0.465 e. The molecule has 0 spiro atoms. The van der Waals surface area contributed by atoms with Gasteiger partial charge in [-0.1, -0.05) is 30.7 Å². The molecule has 5 nitrogen and oxygen atoms in total. The van der Waals surface area contributed by atoms with Gasteiger partial charge in [0.2, 0.25) is 0 Å². The third-order valence-corrected chi connectivity index (χ3v) is 5.00. The number of likely N-dealkylation sites (tertiary alicyclic amines) is 1. The Hall–Kier alpha value is -2.66. The van der Waals surface area contributed by atoms with E-state index in [4.69, 9.17) is 4.74 Å². The van der Waals surface area contributed by atoms with E-state index >= 15 is 0 Å². The van der Waals surface area contributed by atoms with Crippen molar-refractivity contribution in [2.45, 2.75) is 25.8 Å². The molecule has 0 atom stereocenters. The van der Waals surface area contributed by atoms with E-state index in [2.05, 4.69) is 34.3 Å². The Bertz CT molecular complexity index is 909. The number of rotatable bonds is 4. The summed E-state index contributed by atoms with van der Waals surface area (Å²) < 4.78 is 6.68. The Balaban J connectivity index is 1.58. The molecule has 1 aliphatic rings. The minimum atomic E-state index is -0.363. The highest BCUT2D eigenvalue weighted by Crippen LogP contribution is 2.21. The Morgan fingerprint density at radius 1 is 1.08 bits per heavy atom. The zero-order valence-corrected chi connectivity index (χ0v) is 15.0. The molecule has 4 rings (SSSR count). The molecule has 2 heterocycles. The number of esters is 1. The SMILES string of the molecule is COC(=O)c1cccc2cn(-c3ccc(CN4CCCCC4)cc3)nc12. The highest BCUT2D eigenvalue weighted by molar-refractivity contribution is 6.02. The smallest absolute Gasteiger partial charge is 0.340 e. The lowest BCUT2D eigenvalue weighted by Gasteiger charge is -2.26. The number of hydrogen-bond acceptors (Lipinski definition) is 4. The van der Waals surface area contributed by atoms with Gasteiger partial charge < -0.3 is 4.74 Å². The van der Waals surface area contributed by atoms with Gasteiger partial charge in [0.1, 0.15) is 5.52 Å². The lowest BCUT2D eigenvalue weighted by Crippen LogP contribution is -2.29. The van der Waals surface area contributed by atoms with Crippen LogP contribution in [0.3, 0.4) is 0 Å². The quantitative estimate of drug-likeness (QED) is 0.672. The summed E-state index contributed by atoms with van der Waals surface area (Å²) in [6.07, 6.45) is 5.91. The molecule has 1 fully saturated rings. The summed E-state index contributed by atoms with van der Waals surface area (Å²) >= 11 is 0. The van der Waals surface area contributed by atoms with Crippen molar-refractivity contribution in [2.75, 3.05) is 20.2 Å². The topological polar surface area (TPSA) is 47.4 Å². The van der Waals surface area contributed by atoms with Crippen molar-refractivity contribution in [3.8, 4) is 5.69 Å². The number of hydrogen-bond donors (Lipinski definition) is 0. The summed E-state index contributed by atoms with van der Waals surface area (Å²) in [4.78, 5) is 14.4. The first-order valence-electron chi connectivity index (χ1n) is 9.13. The number of ether oxygens (including phenoxy) is 1. The number of benzene rings is 2. The van der Waals surface area contributed by atoms with Crippen LogP contribution in [-0.4, -0.2) is 40.8 Å². The first kappa shape index (κ1) is 16.8. The lowest BCUT2D eigenvalue weighted by molar-refractivity contribution is 0.0602. The number of carbonyl (C=O) groups excluding carboxylic acids is 1. The van der Waals surface area contributed by atoms with Crippen LogP contribution in [0.2, 0.25) is 0 Å². The molecular formula is C21H23N3O2. The van der Waals surface area contributed by atoms with Gasteiger partial charge in [0.25, 0.3) is 0 Å². The van der Waals surface area contributed by atoms with Crippen molar-refractivity contribution >= 4 is 16.9 Å². The van der Waals surface area contributed by atoms with E-state index < -0.39 is 0 Å². The summed E-state index contributed by atoms with van der Waals surface area (Å²) in [6, 6.07) is 14.0. The molecule has 1 aromatic heterocycles. The van der Waals surface area contributed by atoms with Gasteiger partial charge in [-0.3, -0.25) is 4.90 Å². The molecule has 1 aliphatic heterocycles. The Labute approximate surface area is 153 Å². The minimum absolute atomic E-state index is 0.363. The first-order valence-corrected chi connectivity index (χ1v) is 9.13. The zero-order valence-electron chi connectivity index (χ0n) is 15.0. The van der Waals surface area contributed by atoms with E-state index in [9.17, 15) is 4.79 Å². The number of carbonyl (C=O) groups is 1. The second-order valence-electron chi connectivity index (χ2n) is 6.81. The first-order chi connectivity index (χ1) is 12.7. The van der Waals surface area contributed by atoms with Crippen LogP contribution < -0.4 is 0 Å². The van der Waals surface area contributed by atoms with Crippen LogP contribution in [0, 0.1) is 0 Å². The normalized spacial score (nSPS) is 15.3. The van der Waals surface area contributed by atoms with E-state index in [0.717, 1.165) is 17.6 Å². The number of aromatic nitrogens is 2. The van der Waals surface area contributed by atoms with Gasteiger partial charge in [-0.15, -0.1) is 0 Å². The van der Waals surface area contributed by atoms with Crippen molar-refractivity contribution in [3.05, 3.63) is 59.8 Å². The second kappa shape index (κ2) is 7.30. The molecule has 5 heteroatoms. The van der Waals surface area contributed by atoms with Gasteiger partial charge in [-0.25, -0.2) is 9.48 Å². The van der Waals surface area contributed by atoms with Gasteiger partial charge in [0, 0.05) is 18.1 Å². The number of nitrogens with zero attached hydrogens (tertiary/aromatic N) is 3. The average molecular weight is 349 g/mol. The monoisotopic (exact) mass is 349 g/mol. The molecule has 0 aliphatic carbocycles. The van der Waals surface area contributed by atoms with Crippen molar-refractivity contribution in [1.29, 1.82) is 0 Å². The van der Waals surface area contributed by atoms with E-state index in [1.54, 1.807) is 6.07 Å². The van der Waals surface area contributed by atoms with Crippen LogP contribution in [0.25, 0.3) is 16.6 Å². The lowest BCUT2D eigenvalue weighted by atomic mass is 10.1. The summed E-state index contributed by atoms with van der Waals surface area (Å²) in [6.45, 7) is 3.40. The molecule has 0 radical (unpaired) electrons. The van der Waals surface area contributed by atoms with Crippen molar-refractivity contribution in [1.82, 2.24) is 14.7 Å². The van der Waals surface area contributed by atoms with Gasteiger partial charge in [-0.05, 0) is 49.7 Å². The van der Waals surface area contributed by atoms with Crippen LogP contribution in [0.1, 0.15) is 35.2 Å². The van der Waals surface area contributed by atoms with E-state index in [-0.39, 0.29) is 5.97 Å². The highest BCUT2D eigenvalue weighted by Gasteiger charge is 2.14. The predicted octanol–water partition coefficient (Wildman–Crippen LogP) is 3.80. The molecule has 0 amide bonds. The zero-order chi connectivity index (χ0) is 17.9. The fourth-order valence-electron chi connectivity index (χ4n) is 3.58. The molecule has 0 N–H and O–H groups in total. The van der Waals surface area contributed by atoms with Crippen LogP contribution in [-0.2, 0) is 11.3 Å². The molecule has 26 heavy (non-hydrogen) atoms. The average Bonchev–Trinajstić information content (AvgIpc) is 3.13. The fourth-order valence-corrected chi connectivity index (χ4v) is 3.58. The summed E-state index contributed by atoms with van der Waals surface area (Å²) in [5.74, 6) is -0.363. The van der Waals surface area contributed by atoms with Gasteiger partial charge in [0.05, 0.1) is 18.4 Å². The molecular weight excluding hydrogens is 326 g/mol.